The molecule has 1 fully saturated rings. The van der Waals surface area contributed by atoms with Crippen molar-refractivity contribution in [3.8, 4) is 0 Å². The van der Waals surface area contributed by atoms with Gasteiger partial charge in [-0.05, 0) is 49.9 Å². The summed E-state index contributed by atoms with van der Waals surface area (Å²) in [4.78, 5) is 14.7. The quantitative estimate of drug-likeness (QED) is 0.834. The molecule has 2 aromatic rings. The Balaban J connectivity index is 1.49. The third-order valence-electron chi connectivity index (χ3n) is 5.35. The molecule has 1 atom stereocenters. The van der Waals surface area contributed by atoms with Crippen LogP contribution in [-0.2, 0) is 16.4 Å². The molecule has 1 unspecified atom stereocenters. The maximum atomic E-state index is 12.9. The number of piperidine rings is 1. The molecule has 1 aromatic heterocycles. The van der Waals surface area contributed by atoms with E-state index in [-0.39, 0.29) is 17.9 Å². The van der Waals surface area contributed by atoms with Gasteiger partial charge in [-0.25, -0.2) is 8.42 Å². The number of tetrazole rings is 1. The largest absolute Gasteiger partial charge is 0.339 e. The summed E-state index contributed by atoms with van der Waals surface area (Å²) in [6.07, 6.45) is 3.43. The zero-order chi connectivity index (χ0) is 19.2. The van der Waals surface area contributed by atoms with Crippen LogP contribution < -0.4 is 4.31 Å². The van der Waals surface area contributed by atoms with E-state index in [4.69, 9.17) is 0 Å². The fraction of sp³-hybridized carbons (Fsp3) is 0.529. The molecule has 0 aliphatic carbocycles. The minimum absolute atomic E-state index is 0.0187. The first-order valence-electron chi connectivity index (χ1n) is 8.99. The van der Waals surface area contributed by atoms with Crippen LogP contribution in [0.2, 0.25) is 0 Å². The third kappa shape index (κ3) is 3.29. The minimum atomic E-state index is -3.33. The molecule has 1 amide bonds. The number of nitrogens with zero attached hydrogens (tertiary/aromatic N) is 5. The van der Waals surface area contributed by atoms with Crippen molar-refractivity contribution >= 4 is 21.6 Å². The van der Waals surface area contributed by atoms with Crippen LogP contribution in [0.4, 0.5) is 5.69 Å². The molecule has 0 radical (unpaired) electrons. The summed E-state index contributed by atoms with van der Waals surface area (Å²) in [7, 11) is -3.33. The summed E-state index contributed by atoms with van der Waals surface area (Å²) < 4.78 is 25.5. The highest BCUT2D eigenvalue weighted by molar-refractivity contribution is 7.92. The lowest BCUT2D eigenvalue weighted by Crippen LogP contribution is -2.38. The van der Waals surface area contributed by atoms with Gasteiger partial charge < -0.3 is 4.90 Å². The summed E-state index contributed by atoms with van der Waals surface area (Å²) in [6.45, 7) is 3.16. The van der Waals surface area contributed by atoms with Gasteiger partial charge in [-0.2, -0.15) is 5.21 Å². The Hall–Kier alpha value is -2.49. The van der Waals surface area contributed by atoms with Gasteiger partial charge in [0.15, 0.2) is 5.82 Å². The molecule has 4 rings (SSSR count). The molecule has 0 bridgehead atoms. The highest BCUT2D eigenvalue weighted by Gasteiger charge is 2.33. The van der Waals surface area contributed by atoms with Gasteiger partial charge in [0.05, 0.1) is 11.9 Å². The number of carbonyl (C=O) groups excluding carboxylic acids is 1. The molecule has 27 heavy (non-hydrogen) atoms. The van der Waals surface area contributed by atoms with Crippen molar-refractivity contribution in [2.24, 2.45) is 0 Å². The number of aromatic amines is 1. The van der Waals surface area contributed by atoms with Crippen LogP contribution in [0.25, 0.3) is 0 Å². The molecular weight excluding hydrogens is 368 g/mol. The van der Waals surface area contributed by atoms with E-state index in [9.17, 15) is 13.2 Å². The van der Waals surface area contributed by atoms with Crippen molar-refractivity contribution in [1.82, 2.24) is 25.5 Å². The number of carbonyl (C=O) groups is 1. The number of likely N-dealkylation sites (tertiary alicyclic amines) is 1. The first-order chi connectivity index (χ1) is 12.8. The number of H-pyrrole nitrogens is 1. The van der Waals surface area contributed by atoms with Crippen molar-refractivity contribution in [3.05, 3.63) is 35.2 Å². The van der Waals surface area contributed by atoms with Gasteiger partial charge in [-0.15, -0.1) is 10.2 Å². The van der Waals surface area contributed by atoms with E-state index < -0.39 is 10.0 Å². The van der Waals surface area contributed by atoms with Gasteiger partial charge in [0.1, 0.15) is 0 Å². The molecule has 2 aliphatic rings. The summed E-state index contributed by atoms with van der Waals surface area (Å²) in [5.41, 5.74) is 2.19. The van der Waals surface area contributed by atoms with Crippen LogP contribution in [-0.4, -0.2) is 65.2 Å². The van der Waals surface area contributed by atoms with E-state index in [1.807, 2.05) is 17.9 Å². The second-order valence-corrected chi connectivity index (χ2v) is 9.15. The van der Waals surface area contributed by atoms with E-state index in [0.29, 0.717) is 36.6 Å². The van der Waals surface area contributed by atoms with Gasteiger partial charge in [-0.3, -0.25) is 9.10 Å². The molecule has 1 aromatic carbocycles. The zero-order valence-electron chi connectivity index (χ0n) is 15.3. The van der Waals surface area contributed by atoms with Gasteiger partial charge in [0, 0.05) is 30.6 Å². The van der Waals surface area contributed by atoms with Crippen LogP contribution >= 0.6 is 0 Å². The van der Waals surface area contributed by atoms with Gasteiger partial charge in [-0.1, -0.05) is 5.21 Å². The van der Waals surface area contributed by atoms with E-state index in [1.54, 1.807) is 12.1 Å². The molecule has 3 heterocycles. The second kappa shape index (κ2) is 6.59. The van der Waals surface area contributed by atoms with Crippen molar-refractivity contribution < 1.29 is 13.2 Å². The van der Waals surface area contributed by atoms with Crippen molar-refractivity contribution in [2.45, 2.75) is 38.1 Å². The number of nitrogens with one attached hydrogen (secondary N) is 1. The average Bonchev–Trinajstić information content (AvgIpc) is 3.27. The standard InChI is InChI=1S/C17H22N6O3S/c1-11-9-14-10-13(3-4-15(14)23(11)27(2,25)26)17(24)22-7-5-12(6-8-22)16-18-20-21-19-16/h3-4,10-12H,5-9H2,1-2H3,(H,18,19,20,21). The van der Waals surface area contributed by atoms with Crippen LogP contribution in [0.5, 0.6) is 0 Å². The molecule has 10 heteroatoms. The Labute approximate surface area is 157 Å². The number of aromatic nitrogens is 4. The molecule has 1 N–H and O–H groups in total. The van der Waals surface area contributed by atoms with Crippen LogP contribution in [0, 0.1) is 0 Å². The van der Waals surface area contributed by atoms with Gasteiger partial charge in [0.25, 0.3) is 5.91 Å². The normalized spacial score (nSPS) is 20.7. The predicted molar refractivity (Wildman–Crippen MR) is 99.0 cm³/mol. The van der Waals surface area contributed by atoms with Crippen LogP contribution in [0.3, 0.4) is 0 Å². The van der Waals surface area contributed by atoms with Crippen molar-refractivity contribution in [1.29, 1.82) is 0 Å². The molecule has 144 valence electrons. The van der Waals surface area contributed by atoms with Crippen LogP contribution in [0.1, 0.15) is 47.4 Å². The fourth-order valence-corrected chi connectivity index (χ4v) is 5.37. The number of hydrogen-bond donors (Lipinski definition) is 1. The molecule has 1 saturated heterocycles. The average molecular weight is 390 g/mol. The fourth-order valence-electron chi connectivity index (χ4n) is 4.11. The molecular formula is C17H22N6O3S. The van der Waals surface area contributed by atoms with Crippen molar-refractivity contribution in [3.63, 3.8) is 0 Å². The second-order valence-electron chi connectivity index (χ2n) is 7.29. The zero-order valence-corrected chi connectivity index (χ0v) is 16.1. The number of anilines is 1. The first kappa shape index (κ1) is 17.9. The Morgan fingerprint density at radius 2 is 2.00 bits per heavy atom. The Kier molecular flexibility index (Phi) is 4.37. The van der Waals surface area contributed by atoms with Gasteiger partial charge >= 0.3 is 0 Å². The number of rotatable bonds is 3. The molecule has 0 saturated carbocycles. The number of hydrogen-bond acceptors (Lipinski definition) is 6. The third-order valence-corrected chi connectivity index (χ3v) is 6.62. The molecule has 9 nitrogen and oxygen atoms in total. The van der Waals surface area contributed by atoms with E-state index in [1.165, 1.54) is 10.6 Å². The highest BCUT2D eigenvalue weighted by atomic mass is 32.2. The molecule has 2 aliphatic heterocycles. The Bertz CT molecular complexity index is 951. The lowest BCUT2D eigenvalue weighted by Gasteiger charge is -2.30. The summed E-state index contributed by atoms with van der Waals surface area (Å²) in [5.74, 6) is 0.904. The number of sulfonamides is 1. The number of amides is 1. The SMILES string of the molecule is CC1Cc2cc(C(=O)N3CCC(c4nn[nH]n4)CC3)ccc2N1S(C)(=O)=O. The Morgan fingerprint density at radius 1 is 1.26 bits per heavy atom. The number of fused-ring (bicyclic) bond motifs is 1. The molecule has 0 spiro atoms. The lowest BCUT2D eigenvalue weighted by molar-refractivity contribution is 0.0711. The smallest absolute Gasteiger partial charge is 0.253 e. The topological polar surface area (TPSA) is 112 Å². The van der Waals surface area contributed by atoms with Gasteiger partial charge in [0.2, 0.25) is 10.0 Å². The monoisotopic (exact) mass is 390 g/mol. The van der Waals surface area contributed by atoms with Crippen LogP contribution in [0.15, 0.2) is 18.2 Å². The summed E-state index contributed by atoms with van der Waals surface area (Å²) >= 11 is 0. The number of benzene rings is 1. The van der Waals surface area contributed by atoms with E-state index in [0.717, 1.165) is 18.4 Å². The summed E-state index contributed by atoms with van der Waals surface area (Å²) in [6, 6.07) is 5.18. The first-order valence-corrected chi connectivity index (χ1v) is 10.8. The Morgan fingerprint density at radius 3 is 2.63 bits per heavy atom. The maximum absolute atomic E-state index is 12.9. The van der Waals surface area contributed by atoms with E-state index >= 15 is 0 Å². The predicted octanol–water partition coefficient (Wildman–Crippen LogP) is 0.930. The highest BCUT2D eigenvalue weighted by Crippen LogP contribution is 2.35. The maximum Gasteiger partial charge on any atom is 0.253 e. The minimum Gasteiger partial charge on any atom is -0.339 e. The lowest BCUT2D eigenvalue weighted by atomic mass is 9.95. The summed E-state index contributed by atoms with van der Waals surface area (Å²) in [5, 5.41) is 14.1. The van der Waals surface area contributed by atoms with E-state index in [2.05, 4.69) is 20.6 Å². The van der Waals surface area contributed by atoms with Crippen molar-refractivity contribution in [2.75, 3.05) is 23.7 Å².